The summed E-state index contributed by atoms with van der Waals surface area (Å²) in [4.78, 5) is 23.9. The molecule has 0 aliphatic heterocycles. The van der Waals surface area contributed by atoms with Gasteiger partial charge in [-0.05, 0) is 48.9 Å². The molecule has 0 heterocycles. The molecule has 26 heavy (non-hydrogen) atoms. The molecular formula is C20H23NO5. The lowest BCUT2D eigenvalue weighted by atomic mass is 10.1. The summed E-state index contributed by atoms with van der Waals surface area (Å²) in [7, 11) is 2.86. The van der Waals surface area contributed by atoms with Crippen LogP contribution in [0.4, 0.5) is 5.69 Å². The molecule has 6 heteroatoms. The van der Waals surface area contributed by atoms with E-state index in [1.807, 2.05) is 0 Å². The van der Waals surface area contributed by atoms with E-state index in [1.165, 1.54) is 14.2 Å². The molecule has 0 saturated carbocycles. The molecule has 2 aromatic rings. The van der Waals surface area contributed by atoms with Crippen LogP contribution in [0.15, 0.2) is 42.5 Å². The zero-order chi connectivity index (χ0) is 18.9. The van der Waals surface area contributed by atoms with Crippen molar-refractivity contribution in [3.05, 3.63) is 53.6 Å². The SMILES string of the molecule is CCCCOc1ccc(C(=O)Nc2ccc(C(=O)OC)cc2)cc1OC. The number of carbonyl (C=O) groups is 2. The molecule has 1 amide bonds. The quantitative estimate of drug-likeness (QED) is 0.573. The third-order valence-corrected chi connectivity index (χ3v) is 3.75. The van der Waals surface area contributed by atoms with Crippen LogP contribution in [-0.4, -0.2) is 32.7 Å². The number of carbonyl (C=O) groups excluding carboxylic acids is 2. The number of nitrogens with one attached hydrogen (secondary N) is 1. The summed E-state index contributed by atoms with van der Waals surface area (Å²) in [5.74, 6) is 0.412. The fraction of sp³-hybridized carbons (Fsp3) is 0.300. The molecule has 0 radical (unpaired) electrons. The first-order valence-corrected chi connectivity index (χ1v) is 8.39. The Morgan fingerprint density at radius 3 is 2.27 bits per heavy atom. The zero-order valence-corrected chi connectivity index (χ0v) is 15.2. The van der Waals surface area contributed by atoms with Gasteiger partial charge in [0.1, 0.15) is 0 Å². The van der Waals surface area contributed by atoms with Crippen molar-refractivity contribution in [2.24, 2.45) is 0 Å². The van der Waals surface area contributed by atoms with Gasteiger partial charge >= 0.3 is 5.97 Å². The molecular weight excluding hydrogens is 334 g/mol. The molecule has 0 aliphatic carbocycles. The highest BCUT2D eigenvalue weighted by molar-refractivity contribution is 6.04. The summed E-state index contributed by atoms with van der Waals surface area (Å²) in [6.07, 6.45) is 1.99. The number of esters is 1. The summed E-state index contributed by atoms with van der Waals surface area (Å²) in [5.41, 5.74) is 1.44. The highest BCUT2D eigenvalue weighted by Gasteiger charge is 2.12. The van der Waals surface area contributed by atoms with E-state index in [9.17, 15) is 9.59 Å². The molecule has 6 nitrogen and oxygen atoms in total. The van der Waals surface area contributed by atoms with Crippen molar-refractivity contribution in [3.8, 4) is 11.5 Å². The monoisotopic (exact) mass is 357 g/mol. The van der Waals surface area contributed by atoms with E-state index in [0.717, 1.165) is 12.8 Å². The minimum atomic E-state index is -0.425. The Labute approximate surface area is 153 Å². The maximum atomic E-state index is 12.4. The second-order valence-electron chi connectivity index (χ2n) is 5.59. The van der Waals surface area contributed by atoms with E-state index in [0.29, 0.717) is 34.9 Å². The van der Waals surface area contributed by atoms with Gasteiger partial charge in [-0.1, -0.05) is 13.3 Å². The van der Waals surface area contributed by atoms with E-state index >= 15 is 0 Å². The smallest absolute Gasteiger partial charge is 0.337 e. The topological polar surface area (TPSA) is 73.9 Å². The number of amides is 1. The minimum absolute atomic E-state index is 0.283. The fourth-order valence-corrected chi connectivity index (χ4v) is 2.27. The van der Waals surface area contributed by atoms with Crippen LogP contribution in [0.5, 0.6) is 11.5 Å². The van der Waals surface area contributed by atoms with Crippen LogP contribution in [-0.2, 0) is 4.74 Å². The molecule has 0 aromatic heterocycles. The number of hydrogen-bond donors (Lipinski definition) is 1. The molecule has 0 atom stereocenters. The van der Waals surface area contributed by atoms with E-state index in [-0.39, 0.29) is 5.91 Å². The third-order valence-electron chi connectivity index (χ3n) is 3.75. The Bertz CT molecular complexity index is 755. The minimum Gasteiger partial charge on any atom is -0.493 e. The first kappa shape index (κ1) is 19.3. The first-order valence-electron chi connectivity index (χ1n) is 8.39. The van der Waals surface area contributed by atoms with Gasteiger partial charge in [0.2, 0.25) is 0 Å². The lowest BCUT2D eigenvalue weighted by molar-refractivity contribution is 0.0600. The second-order valence-corrected chi connectivity index (χ2v) is 5.59. The molecule has 1 N–H and O–H groups in total. The van der Waals surface area contributed by atoms with Crippen LogP contribution >= 0.6 is 0 Å². The number of ether oxygens (including phenoxy) is 3. The molecule has 138 valence electrons. The van der Waals surface area contributed by atoms with Gasteiger partial charge in [0, 0.05) is 11.3 Å². The molecule has 0 aliphatic rings. The number of hydrogen-bond acceptors (Lipinski definition) is 5. The molecule has 2 aromatic carbocycles. The van der Waals surface area contributed by atoms with E-state index < -0.39 is 5.97 Å². The van der Waals surface area contributed by atoms with Crippen molar-refractivity contribution >= 4 is 17.6 Å². The summed E-state index contributed by atoms with van der Waals surface area (Å²) in [6.45, 7) is 2.69. The first-order chi connectivity index (χ1) is 12.6. The van der Waals surface area contributed by atoms with Crippen molar-refractivity contribution in [1.82, 2.24) is 0 Å². The molecule has 2 rings (SSSR count). The highest BCUT2D eigenvalue weighted by Crippen LogP contribution is 2.28. The Morgan fingerprint density at radius 2 is 1.65 bits per heavy atom. The molecule has 0 bridgehead atoms. The van der Waals surface area contributed by atoms with Gasteiger partial charge in [-0.2, -0.15) is 0 Å². The predicted octanol–water partition coefficient (Wildman–Crippen LogP) is 3.91. The summed E-state index contributed by atoms with van der Waals surface area (Å²) >= 11 is 0. The maximum absolute atomic E-state index is 12.4. The lowest BCUT2D eigenvalue weighted by Crippen LogP contribution is -2.12. The molecule has 0 fully saturated rings. The Balaban J connectivity index is 2.07. The van der Waals surface area contributed by atoms with Crippen LogP contribution in [0.2, 0.25) is 0 Å². The van der Waals surface area contributed by atoms with Crippen LogP contribution < -0.4 is 14.8 Å². The second kappa shape index (κ2) is 9.46. The van der Waals surface area contributed by atoms with Gasteiger partial charge in [0.15, 0.2) is 11.5 Å². The Hall–Kier alpha value is -3.02. The standard InChI is InChI=1S/C20H23NO5/c1-4-5-12-26-17-11-8-15(13-18(17)24-2)19(22)21-16-9-6-14(7-10-16)20(23)25-3/h6-11,13H,4-5,12H2,1-3H3,(H,21,22). The van der Waals surface area contributed by atoms with Crippen molar-refractivity contribution in [3.63, 3.8) is 0 Å². The van der Waals surface area contributed by atoms with Gasteiger partial charge in [-0.3, -0.25) is 4.79 Å². The van der Waals surface area contributed by atoms with Gasteiger partial charge in [-0.25, -0.2) is 4.79 Å². The lowest BCUT2D eigenvalue weighted by Gasteiger charge is -2.12. The summed E-state index contributed by atoms with van der Waals surface area (Å²) < 4.78 is 15.6. The number of anilines is 1. The normalized spacial score (nSPS) is 10.1. The van der Waals surface area contributed by atoms with Gasteiger partial charge < -0.3 is 19.5 Å². The Morgan fingerprint density at radius 1 is 0.962 bits per heavy atom. The van der Waals surface area contributed by atoms with Crippen LogP contribution in [0.25, 0.3) is 0 Å². The molecule has 0 saturated heterocycles. The number of unbranched alkanes of at least 4 members (excludes halogenated alkanes) is 1. The number of methoxy groups -OCH3 is 2. The zero-order valence-electron chi connectivity index (χ0n) is 15.2. The highest BCUT2D eigenvalue weighted by atomic mass is 16.5. The number of benzene rings is 2. The third kappa shape index (κ3) is 4.99. The van der Waals surface area contributed by atoms with Gasteiger partial charge in [0.25, 0.3) is 5.91 Å². The predicted molar refractivity (Wildman–Crippen MR) is 99.1 cm³/mol. The molecule has 0 spiro atoms. The van der Waals surface area contributed by atoms with Gasteiger partial charge in [-0.15, -0.1) is 0 Å². The summed E-state index contributed by atoms with van der Waals surface area (Å²) in [6, 6.07) is 11.5. The van der Waals surface area contributed by atoms with Crippen LogP contribution in [0.1, 0.15) is 40.5 Å². The van der Waals surface area contributed by atoms with Crippen LogP contribution in [0.3, 0.4) is 0 Å². The Kier molecular flexibility index (Phi) is 7.02. The average Bonchev–Trinajstić information content (AvgIpc) is 2.68. The fourth-order valence-electron chi connectivity index (χ4n) is 2.27. The molecule has 0 unspecified atom stereocenters. The summed E-state index contributed by atoms with van der Waals surface area (Å²) in [5, 5.41) is 2.78. The maximum Gasteiger partial charge on any atom is 0.337 e. The van der Waals surface area contributed by atoms with Crippen molar-refractivity contribution < 1.29 is 23.8 Å². The largest absolute Gasteiger partial charge is 0.493 e. The van der Waals surface area contributed by atoms with Crippen molar-refractivity contribution in [2.45, 2.75) is 19.8 Å². The van der Waals surface area contributed by atoms with Crippen LogP contribution in [0, 0.1) is 0 Å². The average molecular weight is 357 g/mol. The number of rotatable bonds is 8. The van der Waals surface area contributed by atoms with E-state index in [2.05, 4.69) is 17.0 Å². The van der Waals surface area contributed by atoms with Gasteiger partial charge in [0.05, 0.1) is 26.4 Å². The van der Waals surface area contributed by atoms with E-state index in [1.54, 1.807) is 42.5 Å². The van der Waals surface area contributed by atoms with Crippen molar-refractivity contribution in [1.29, 1.82) is 0 Å². The van der Waals surface area contributed by atoms with Crippen molar-refractivity contribution in [2.75, 3.05) is 26.1 Å². The van der Waals surface area contributed by atoms with E-state index in [4.69, 9.17) is 9.47 Å².